The fraction of sp³-hybridized carbons (Fsp3) is 0.188. The monoisotopic (exact) mass is 329 g/mol. The van der Waals surface area contributed by atoms with E-state index in [1.807, 2.05) is 37.1 Å². The van der Waals surface area contributed by atoms with E-state index in [1.165, 1.54) is 0 Å². The Hall–Kier alpha value is -2.51. The van der Waals surface area contributed by atoms with Crippen molar-refractivity contribution in [3.63, 3.8) is 0 Å². The number of nitrogens with zero attached hydrogens (tertiary/aromatic N) is 3. The van der Waals surface area contributed by atoms with Gasteiger partial charge in [0.15, 0.2) is 5.13 Å². The predicted octanol–water partition coefficient (Wildman–Crippen LogP) is 2.40. The fourth-order valence-corrected chi connectivity index (χ4v) is 2.61. The molecule has 2 heterocycles. The molecule has 120 valence electrons. The van der Waals surface area contributed by atoms with Gasteiger partial charge in [-0.3, -0.25) is 4.68 Å². The first-order valence-corrected chi connectivity index (χ1v) is 7.93. The van der Waals surface area contributed by atoms with Crippen LogP contribution >= 0.6 is 11.3 Å². The zero-order valence-electron chi connectivity index (χ0n) is 13.1. The number of aromatic nitrogens is 3. The van der Waals surface area contributed by atoms with Gasteiger partial charge in [-0.2, -0.15) is 5.10 Å². The smallest absolute Gasteiger partial charge is 0.182 e. The predicted molar refractivity (Wildman–Crippen MR) is 94.4 cm³/mol. The molecule has 23 heavy (non-hydrogen) atoms. The van der Waals surface area contributed by atoms with Crippen molar-refractivity contribution in [1.29, 1.82) is 0 Å². The summed E-state index contributed by atoms with van der Waals surface area (Å²) >= 11 is 1.61. The number of nitrogens with two attached hydrogens (primary N) is 1. The summed E-state index contributed by atoms with van der Waals surface area (Å²) in [6.45, 7) is 0.139. The van der Waals surface area contributed by atoms with Crippen molar-refractivity contribution in [1.82, 2.24) is 14.8 Å². The number of hydrogen-bond donors (Lipinski definition) is 2. The molecule has 3 aromatic rings. The van der Waals surface area contributed by atoms with Gasteiger partial charge in [-0.1, -0.05) is 18.2 Å². The Bertz CT molecular complexity index is 765. The van der Waals surface area contributed by atoms with Gasteiger partial charge in [0.1, 0.15) is 6.29 Å². The van der Waals surface area contributed by atoms with E-state index < -0.39 is 0 Å². The van der Waals surface area contributed by atoms with Gasteiger partial charge in [0.2, 0.25) is 0 Å². The molecule has 0 saturated carbocycles. The van der Waals surface area contributed by atoms with Gasteiger partial charge in [0.25, 0.3) is 0 Å². The highest BCUT2D eigenvalue weighted by atomic mass is 32.1. The molecule has 0 aliphatic rings. The molecule has 3 rings (SSSR count). The minimum atomic E-state index is 0.139. The van der Waals surface area contributed by atoms with Gasteiger partial charge in [0, 0.05) is 43.3 Å². The number of carbonyl (C=O) groups is 1. The second-order valence-corrected chi connectivity index (χ2v) is 5.50. The van der Waals surface area contributed by atoms with Crippen LogP contribution in [0.25, 0.3) is 22.5 Å². The quantitative estimate of drug-likeness (QED) is 0.718. The third-order valence-corrected chi connectivity index (χ3v) is 3.84. The van der Waals surface area contributed by atoms with Crippen LogP contribution in [0.2, 0.25) is 0 Å². The Labute approximate surface area is 139 Å². The van der Waals surface area contributed by atoms with E-state index in [-0.39, 0.29) is 6.54 Å². The lowest BCUT2D eigenvalue weighted by atomic mass is 10.1. The minimum absolute atomic E-state index is 0.139. The van der Waals surface area contributed by atoms with E-state index >= 15 is 0 Å². The van der Waals surface area contributed by atoms with Crippen LogP contribution in [0.4, 0.5) is 5.13 Å². The number of aryl methyl sites for hydroxylation is 1. The number of hydrogen-bond acceptors (Lipinski definition) is 6. The average molecular weight is 329 g/mol. The van der Waals surface area contributed by atoms with Crippen LogP contribution in [-0.4, -0.2) is 34.6 Å². The molecule has 0 unspecified atom stereocenters. The average Bonchev–Trinajstić information content (AvgIpc) is 3.24. The third kappa shape index (κ3) is 4.48. The maximum absolute atomic E-state index is 9.05. The van der Waals surface area contributed by atoms with Crippen LogP contribution in [-0.2, 0) is 11.8 Å². The number of anilines is 1. The van der Waals surface area contributed by atoms with Crippen molar-refractivity contribution >= 4 is 22.8 Å². The highest BCUT2D eigenvalue weighted by molar-refractivity contribution is 7.14. The molecule has 0 radical (unpaired) electrons. The second-order valence-electron chi connectivity index (χ2n) is 4.65. The van der Waals surface area contributed by atoms with Gasteiger partial charge >= 0.3 is 0 Å². The van der Waals surface area contributed by atoms with Crippen LogP contribution in [0.15, 0.2) is 41.9 Å². The molecule has 0 aliphatic heterocycles. The standard InChI is InChI=1S/C14H14N4S.C2H5NO/c1-15-14-16-13(9-19-14)11-5-3-4-10(8-11)12-6-7-18(2)17-12;3-1-2-4/h3-9H,1-2H3,(H,15,16);2H,1,3H2. The van der Waals surface area contributed by atoms with Gasteiger partial charge in [-0.25, -0.2) is 4.98 Å². The first kappa shape index (κ1) is 16.9. The molecule has 3 N–H and O–H groups in total. The molecule has 0 amide bonds. The fourth-order valence-electron chi connectivity index (χ4n) is 1.93. The Morgan fingerprint density at radius 1 is 1.30 bits per heavy atom. The third-order valence-electron chi connectivity index (χ3n) is 2.98. The molecule has 0 atom stereocenters. The van der Waals surface area contributed by atoms with E-state index in [0.29, 0.717) is 6.29 Å². The first-order chi connectivity index (χ1) is 11.2. The Morgan fingerprint density at radius 3 is 2.52 bits per heavy atom. The summed E-state index contributed by atoms with van der Waals surface area (Å²) in [7, 11) is 3.81. The molecular weight excluding hydrogens is 310 g/mol. The van der Waals surface area contributed by atoms with Gasteiger partial charge in [0.05, 0.1) is 11.4 Å². The first-order valence-electron chi connectivity index (χ1n) is 7.05. The maximum atomic E-state index is 9.05. The van der Waals surface area contributed by atoms with E-state index in [1.54, 1.807) is 11.3 Å². The molecule has 0 fully saturated rings. The van der Waals surface area contributed by atoms with E-state index in [4.69, 9.17) is 4.79 Å². The second kappa shape index (κ2) is 8.21. The normalized spacial score (nSPS) is 9.87. The summed E-state index contributed by atoms with van der Waals surface area (Å²) in [6.07, 6.45) is 2.60. The zero-order valence-corrected chi connectivity index (χ0v) is 13.9. The van der Waals surface area contributed by atoms with Crippen molar-refractivity contribution in [3.8, 4) is 22.5 Å². The number of carbonyl (C=O) groups excluding carboxylic acids is 1. The van der Waals surface area contributed by atoms with Gasteiger partial charge in [-0.05, 0) is 12.1 Å². The van der Waals surface area contributed by atoms with Gasteiger partial charge in [-0.15, -0.1) is 11.3 Å². The van der Waals surface area contributed by atoms with E-state index in [9.17, 15) is 0 Å². The van der Waals surface area contributed by atoms with Crippen molar-refractivity contribution in [3.05, 3.63) is 41.9 Å². The number of nitrogens with one attached hydrogen (secondary N) is 1. The number of rotatable bonds is 4. The Kier molecular flexibility index (Phi) is 6.02. The largest absolute Gasteiger partial charge is 0.365 e. The highest BCUT2D eigenvalue weighted by Gasteiger charge is 2.06. The Balaban J connectivity index is 0.000000433. The number of aldehydes is 1. The SMILES string of the molecule is CNc1nc(-c2cccc(-c3ccn(C)n3)c2)cs1.NCC=O. The summed E-state index contributed by atoms with van der Waals surface area (Å²) in [6, 6.07) is 10.3. The minimum Gasteiger partial charge on any atom is -0.365 e. The molecule has 1 aromatic carbocycles. The number of thiazole rings is 1. The lowest BCUT2D eigenvalue weighted by Crippen LogP contribution is -1.97. The van der Waals surface area contributed by atoms with Crippen molar-refractivity contribution < 1.29 is 4.79 Å². The highest BCUT2D eigenvalue weighted by Crippen LogP contribution is 2.27. The lowest BCUT2D eigenvalue weighted by molar-refractivity contribution is -0.106. The van der Waals surface area contributed by atoms with Crippen LogP contribution in [0.5, 0.6) is 0 Å². The summed E-state index contributed by atoms with van der Waals surface area (Å²) in [5, 5.41) is 10.5. The van der Waals surface area contributed by atoms with Crippen LogP contribution in [0.3, 0.4) is 0 Å². The van der Waals surface area contributed by atoms with Crippen molar-refractivity contribution in [2.75, 3.05) is 18.9 Å². The summed E-state index contributed by atoms with van der Waals surface area (Å²) in [5.41, 5.74) is 8.85. The number of benzene rings is 1. The molecular formula is C16H19N5OS. The summed E-state index contributed by atoms with van der Waals surface area (Å²) < 4.78 is 1.81. The van der Waals surface area contributed by atoms with E-state index in [0.717, 1.165) is 27.6 Å². The van der Waals surface area contributed by atoms with E-state index in [2.05, 4.69) is 44.7 Å². The van der Waals surface area contributed by atoms with Crippen LogP contribution in [0, 0.1) is 0 Å². The molecule has 0 saturated heterocycles. The molecule has 6 nitrogen and oxygen atoms in total. The molecule has 0 spiro atoms. The van der Waals surface area contributed by atoms with Crippen LogP contribution in [0.1, 0.15) is 0 Å². The molecule has 0 aliphatic carbocycles. The Morgan fingerprint density at radius 2 is 2.00 bits per heavy atom. The van der Waals surface area contributed by atoms with Crippen LogP contribution < -0.4 is 11.1 Å². The van der Waals surface area contributed by atoms with Crippen molar-refractivity contribution in [2.45, 2.75) is 0 Å². The zero-order chi connectivity index (χ0) is 16.7. The summed E-state index contributed by atoms with van der Waals surface area (Å²) in [5.74, 6) is 0. The topological polar surface area (TPSA) is 85.8 Å². The van der Waals surface area contributed by atoms with Crippen molar-refractivity contribution in [2.24, 2.45) is 12.8 Å². The maximum Gasteiger partial charge on any atom is 0.182 e. The molecule has 2 aromatic heterocycles. The lowest BCUT2D eigenvalue weighted by Gasteiger charge is -2.01. The molecule has 0 bridgehead atoms. The molecule has 7 heteroatoms. The van der Waals surface area contributed by atoms with Gasteiger partial charge < -0.3 is 15.8 Å². The summed E-state index contributed by atoms with van der Waals surface area (Å²) in [4.78, 5) is 13.6.